The summed E-state index contributed by atoms with van der Waals surface area (Å²) >= 11 is 0. The molecule has 0 bridgehead atoms. The van der Waals surface area contributed by atoms with Gasteiger partial charge in [-0.2, -0.15) is 5.10 Å². The molecule has 126 valence electrons. The molecule has 0 aliphatic rings. The second kappa shape index (κ2) is 7.77. The number of hydrogen-bond acceptors (Lipinski definition) is 3. The van der Waals surface area contributed by atoms with Crippen molar-refractivity contribution < 1.29 is 9.90 Å². The van der Waals surface area contributed by atoms with Gasteiger partial charge in [-0.15, -0.1) is 0 Å². The quantitative estimate of drug-likeness (QED) is 0.813. The first-order valence-electron chi connectivity index (χ1n) is 8.19. The Hall–Kier alpha value is -1.36. The van der Waals surface area contributed by atoms with Gasteiger partial charge in [-0.1, -0.05) is 34.6 Å². The zero-order valence-corrected chi connectivity index (χ0v) is 14.8. The highest BCUT2D eigenvalue weighted by molar-refractivity contribution is 5.95. The van der Waals surface area contributed by atoms with E-state index in [1.54, 1.807) is 6.20 Å². The number of nitrogens with one attached hydrogen (secondary N) is 1. The Morgan fingerprint density at radius 1 is 1.36 bits per heavy atom. The summed E-state index contributed by atoms with van der Waals surface area (Å²) in [5.41, 5.74) is 1.54. The van der Waals surface area contributed by atoms with Crippen LogP contribution >= 0.6 is 0 Å². The number of amides is 1. The number of nitrogens with zero attached hydrogens (tertiary/aromatic N) is 2. The van der Waals surface area contributed by atoms with Crippen LogP contribution < -0.4 is 5.32 Å². The third kappa shape index (κ3) is 4.83. The molecular formula is C17H31N3O2. The lowest BCUT2D eigenvalue weighted by molar-refractivity contribution is 0.0897. The zero-order chi connectivity index (χ0) is 16.9. The number of aliphatic hydroxyl groups is 1. The highest BCUT2D eigenvalue weighted by Gasteiger charge is 2.23. The van der Waals surface area contributed by atoms with Gasteiger partial charge in [0.25, 0.3) is 5.91 Å². The van der Waals surface area contributed by atoms with Crippen molar-refractivity contribution in [3.8, 4) is 0 Å². The number of aliphatic hydroxyl groups excluding tert-OH is 1. The Labute approximate surface area is 134 Å². The average Bonchev–Trinajstić information content (AvgIpc) is 2.80. The predicted octanol–water partition coefficient (Wildman–Crippen LogP) is 3.08. The second-order valence-electron chi connectivity index (χ2n) is 7.18. The van der Waals surface area contributed by atoms with E-state index < -0.39 is 0 Å². The van der Waals surface area contributed by atoms with Gasteiger partial charge in [0.1, 0.15) is 0 Å². The van der Waals surface area contributed by atoms with Crippen LogP contribution in [0.4, 0.5) is 0 Å². The minimum Gasteiger partial charge on any atom is -0.394 e. The minimum atomic E-state index is -0.233. The molecule has 1 amide bonds. The molecule has 1 aromatic heterocycles. The minimum absolute atomic E-state index is 0.0510. The molecule has 1 atom stereocenters. The van der Waals surface area contributed by atoms with Crippen LogP contribution in [0.2, 0.25) is 0 Å². The number of carbonyl (C=O) groups is 1. The molecule has 0 saturated carbocycles. The average molecular weight is 309 g/mol. The molecule has 1 unspecified atom stereocenters. The van der Waals surface area contributed by atoms with Gasteiger partial charge >= 0.3 is 0 Å². The molecule has 0 aliphatic carbocycles. The Morgan fingerprint density at radius 2 is 1.95 bits per heavy atom. The van der Waals surface area contributed by atoms with Crippen LogP contribution in [0.15, 0.2) is 6.20 Å². The van der Waals surface area contributed by atoms with Crippen LogP contribution in [0.3, 0.4) is 0 Å². The van der Waals surface area contributed by atoms with Crippen molar-refractivity contribution in [1.29, 1.82) is 0 Å². The summed E-state index contributed by atoms with van der Waals surface area (Å²) in [7, 11) is 0. The summed E-state index contributed by atoms with van der Waals surface area (Å²) in [6, 6.07) is 0.0909. The van der Waals surface area contributed by atoms with Crippen molar-refractivity contribution in [2.75, 3.05) is 6.61 Å². The summed E-state index contributed by atoms with van der Waals surface area (Å²) in [5.74, 6) is -0.155. The van der Waals surface area contributed by atoms with Crippen LogP contribution in [0, 0.1) is 12.3 Å². The van der Waals surface area contributed by atoms with E-state index in [2.05, 4.69) is 45.0 Å². The molecule has 1 aromatic rings. The van der Waals surface area contributed by atoms with Crippen LogP contribution in [-0.4, -0.2) is 33.4 Å². The zero-order valence-electron chi connectivity index (χ0n) is 14.8. The number of hydrogen-bond donors (Lipinski definition) is 2. The van der Waals surface area contributed by atoms with Gasteiger partial charge in [-0.05, 0) is 31.6 Å². The van der Waals surface area contributed by atoms with E-state index in [-0.39, 0.29) is 24.0 Å². The molecule has 0 radical (unpaired) electrons. The van der Waals surface area contributed by atoms with Gasteiger partial charge < -0.3 is 10.4 Å². The molecule has 0 aromatic carbocycles. The van der Waals surface area contributed by atoms with Gasteiger partial charge in [-0.25, -0.2) is 0 Å². The van der Waals surface area contributed by atoms with Crippen molar-refractivity contribution in [3.05, 3.63) is 17.5 Å². The van der Waals surface area contributed by atoms with E-state index in [0.29, 0.717) is 11.6 Å². The van der Waals surface area contributed by atoms with Crippen LogP contribution in [0.1, 0.15) is 76.0 Å². The third-order valence-electron chi connectivity index (χ3n) is 3.99. The lowest BCUT2D eigenvalue weighted by Gasteiger charge is -2.25. The van der Waals surface area contributed by atoms with E-state index in [0.717, 1.165) is 25.0 Å². The molecule has 0 fully saturated rings. The summed E-state index contributed by atoms with van der Waals surface area (Å²) in [4.78, 5) is 12.5. The van der Waals surface area contributed by atoms with Crippen molar-refractivity contribution in [3.63, 3.8) is 0 Å². The summed E-state index contributed by atoms with van der Waals surface area (Å²) in [6.45, 7) is 12.4. The maximum atomic E-state index is 12.5. The lowest BCUT2D eigenvalue weighted by Crippen LogP contribution is -2.40. The third-order valence-corrected chi connectivity index (χ3v) is 3.99. The standard InChI is InChI=1S/C17H31N3O2/c1-7-14(8-2)20-12(3)15(10-18-20)16(22)19-13(11-21)9-17(4,5)6/h10,13-14,21H,7-9,11H2,1-6H3,(H,19,22). The normalized spacial score (nSPS) is 13.5. The first-order valence-corrected chi connectivity index (χ1v) is 8.19. The smallest absolute Gasteiger partial charge is 0.255 e. The summed E-state index contributed by atoms with van der Waals surface area (Å²) < 4.78 is 1.94. The van der Waals surface area contributed by atoms with Crippen LogP contribution in [0.25, 0.3) is 0 Å². The molecule has 0 aliphatic heterocycles. The maximum Gasteiger partial charge on any atom is 0.255 e. The molecule has 0 spiro atoms. The first-order chi connectivity index (χ1) is 10.2. The molecule has 2 N–H and O–H groups in total. The Morgan fingerprint density at radius 3 is 2.41 bits per heavy atom. The molecule has 5 heteroatoms. The van der Waals surface area contributed by atoms with Crippen molar-refractivity contribution >= 4 is 5.91 Å². The second-order valence-corrected chi connectivity index (χ2v) is 7.18. The van der Waals surface area contributed by atoms with Crippen molar-refractivity contribution in [2.45, 2.75) is 72.9 Å². The Bertz CT molecular complexity index is 485. The van der Waals surface area contributed by atoms with Gasteiger partial charge in [-0.3, -0.25) is 9.48 Å². The van der Waals surface area contributed by atoms with E-state index >= 15 is 0 Å². The fourth-order valence-corrected chi connectivity index (χ4v) is 2.81. The fourth-order valence-electron chi connectivity index (χ4n) is 2.81. The molecule has 1 rings (SSSR count). The van der Waals surface area contributed by atoms with Gasteiger partial charge in [0, 0.05) is 5.69 Å². The summed E-state index contributed by atoms with van der Waals surface area (Å²) in [5, 5.41) is 16.8. The topological polar surface area (TPSA) is 67.2 Å². The largest absolute Gasteiger partial charge is 0.394 e. The molecular weight excluding hydrogens is 278 g/mol. The monoisotopic (exact) mass is 309 g/mol. The van der Waals surface area contributed by atoms with Crippen LogP contribution in [-0.2, 0) is 0 Å². The Kier molecular flexibility index (Phi) is 6.60. The first kappa shape index (κ1) is 18.7. The molecule has 0 saturated heterocycles. The molecule has 1 heterocycles. The van der Waals surface area contributed by atoms with Crippen LogP contribution in [0.5, 0.6) is 0 Å². The SMILES string of the molecule is CCC(CC)n1ncc(C(=O)NC(CO)CC(C)(C)C)c1C. The Balaban J connectivity index is 2.86. The summed E-state index contributed by atoms with van der Waals surface area (Å²) in [6.07, 6.45) is 4.34. The number of carbonyl (C=O) groups excluding carboxylic acids is 1. The highest BCUT2D eigenvalue weighted by Crippen LogP contribution is 2.22. The van der Waals surface area contributed by atoms with Gasteiger partial charge in [0.15, 0.2) is 0 Å². The number of aromatic nitrogens is 2. The maximum absolute atomic E-state index is 12.5. The van der Waals surface area contributed by atoms with E-state index in [9.17, 15) is 9.90 Å². The highest BCUT2D eigenvalue weighted by atomic mass is 16.3. The van der Waals surface area contributed by atoms with E-state index in [4.69, 9.17) is 0 Å². The molecule has 5 nitrogen and oxygen atoms in total. The number of rotatable bonds is 7. The van der Waals surface area contributed by atoms with Gasteiger partial charge in [0.2, 0.25) is 0 Å². The predicted molar refractivity (Wildman–Crippen MR) is 89.0 cm³/mol. The van der Waals surface area contributed by atoms with Crippen molar-refractivity contribution in [1.82, 2.24) is 15.1 Å². The molecule has 22 heavy (non-hydrogen) atoms. The van der Waals surface area contributed by atoms with Gasteiger partial charge in [0.05, 0.1) is 30.5 Å². The fraction of sp³-hybridized carbons (Fsp3) is 0.765. The van der Waals surface area contributed by atoms with E-state index in [1.807, 2.05) is 11.6 Å². The van der Waals surface area contributed by atoms with Crippen molar-refractivity contribution in [2.24, 2.45) is 5.41 Å². The lowest BCUT2D eigenvalue weighted by atomic mass is 9.88. The van der Waals surface area contributed by atoms with E-state index in [1.165, 1.54) is 0 Å².